The summed E-state index contributed by atoms with van der Waals surface area (Å²) in [5, 5.41) is 2.73. The van der Waals surface area contributed by atoms with Crippen molar-refractivity contribution >= 4 is 34.3 Å². The Hall–Kier alpha value is -4.23. The topological polar surface area (TPSA) is 104 Å². The number of rotatable bonds is 6. The van der Waals surface area contributed by atoms with Gasteiger partial charge in [0.25, 0.3) is 5.91 Å². The molecule has 1 N–H and O–H groups in total. The summed E-state index contributed by atoms with van der Waals surface area (Å²) in [6.45, 7) is 2.90. The van der Waals surface area contributed by atoms with Gasteiger partial charge in [-0.25, -0.2) is 28.1 Å². The molecule has 202 valence electrons. The number of hydrogen-bond donors (Lipinski definition) is 1. The van der Waals surface area contributed by atoms with Crippen molar-refractivity contribution in [3.05, 3.63) is 53.7 Å². The molecule has 0 radical (unpaired) electrons. The number of imidazole rings is 1. The molecule has 2 aromatic carbocycles. The summed E-state index contributed by atoms with van der Waals surface area (Å²) < 4.78 is 63.3. The Labute approximate surface area is 220 Å². The van der Waals surface area contributed by atoms with Gasteiger partial charge in [0.1, 0.15) is 48.2 Å². The molecule has 1 atom stereocenters. The van der Waals surface area contributed by atoms with Crippen LogP contribution in [0, 0.1) is 17.5 Å². The van der Waals surface area contributed by atoms with Crippen LogP contribution in [0.2, 0.25) is 0 Å². The third-order valence-electron chi connectivity index (χ3n) is 6.62. The molecule has 1 fully saturated rings. The Bertz CT molecular complexity index is 1610. The van der Waals surface area contributed by atoms with Crippen molar-refractivity contribution in [2.24, 2.45) is 0 Å². The molecule has 6 rings (SSSR count). The number of halogens is 3. The highest BCUT2D eigenvalue weighted by atomic mass is 19.1. The van der Waals surface area contributed by atoms with Crippen molar-refractivity contribution in [1.29, 1.82) is 0 Å². The first-order valence-corrected chi connectivity index (χ1v) is 12.2. The number of amides is 1. The fourth-order valence-corrected chi connectivity index (χ4v) is 4.86. The average Bonchev–Trinajstić information content (AvgIpc) is 3.31. The van der Waals surface area contributed by atoms with E-state index in [1.54, 1.807) is 6.07 Å². The van der Waals surface area contributed by atoms with Crippen molar-refractivity contribution < 1.29 is 32.2 Å². The van der Waals surface area contributed by atoms with Crippen LogP contribution in [0.4, 0.5) is 30.5 Å². The van der Waals surface area contributed by atoms with E-state index < -0.39 is 17.5 Å². The molecule has 13 heteroatoms. The van der Waals surface area contributed by atoms with E-state index in [4.69, 9.17) is 14.2 Å². The van der Waals surface area contributed by atoms with Crippen LogP contribution in [0.25, 0.3) is 22.3 Å². The number of benzene rings is 2. The molecule has 4 aromatic rings. The molecule has 10 nitrogen and oxygen atoms in total. The van der Waals surface area contributed by atoms with E-state index in [-0.39, 0.29) is 65.9 Å². The second-order valence-electron chi connectivity index (χ2n) is 9.20. The van der Waals surface area contributed by atoms with Crippen LogP contribution >= 0.6 is 0 Å². The second-order valence-corrected chi connectivity index (χ2v) is 9.20. The highest BCUT2D eigenvalue weighted by molar-refractivity contribution is 5.95. The van der Waals surface area contributed by atoms with Crippen LogP contribution in [0.1, 0.15) is 18.8 Å². The minimum absolute atomic E-state index is 0.00680. The predicted molar refractivity (Wildman–Crippen MR) is 134 cm³/mol. The number of morpholine rings is 1. The molecule has 0 spiro atoms. The number of carbonyl (C=O) groups is 1. The zero-order valence-electron chi connectivity index (χ0n) is 21.0. The van der Waals surface area contributed by atoms with E-state index in [1.165, 1.54) is 24.1 Å². The van der Waals surface area contributed by atoms with Crippen molar-refractivity contribution in [1.82, 2.24) is 19.5 Å². The molecule has 4 heterocycles. The maximum Gasteiger partial charge on any atom is 0.253 e. The minimum atomic E-state index is -0.817. The van der Waals surface area contributed by atoms with E-state index in [2.05, 4.69) is 20.3 Å². The molecule has 0 saturated carbocycles. The van der Waals surface area contributed by atoms with Crippen LogP contribution in [0.3, 0.4) is 0 Å². The lowest BCUT2D eigenvalue weighted by molar-refractivity contribution is -0.125. The number of nitrogens with zero attached hydrogens (tertiary/aromatic N) is 5. The van der Waals surface area contributed by atoms with Gasteiger partial charge in [0.15, 0.2) is 17.4 Å². The first-order valence-electron chi connectivity index (χ1n) is 12.2. The Morgan fingerprint density at radius 3 is 2.77 bits per heavy atom. The average molecular weight is 541 g/mol. The molecular weight excluding hydrogens is 517 g/mol. The van der Waals surface area contributed by atoms with Crippen LogP contribution in [-0.2, 0) is 20.9 Å². The molecular formula is C26H23F3N6O4. The third kappa shape index (κ3) is 4.33. The lowest BCUT2D eigenvalue weighted by Gasteiger charge is -2.27. The minimum Gasteiger partial charge on any atom is -0.488 e. The van der Waals surface area contributed by atoms with Gasteiger partial charge in [0, 0.05) is 19.3 Å². The predicted octanol–water partition coefficient (Wildman–Crippen LogP) is 4.12. The fraction of sp³-hybridized carbons (Fsp3) is 0.308. The van der Waals surface area contributed by atoms with Crippen molar-refractivity contribution in [2.45, 2.75) is 19.6 Å². The summed E-state index contributed by atoms with van der Waals surface area (Å²) in [5.74, 6) is -1.81. The highest BCUT2D eigenvalue weighted by Crippen LogP contribution is 2.43. The first-order chi connectivity index (χ1) is 18.9. The van der Waals surface area contributed by atoms with Gasteiger partial charge in [0.05, 0.1) is 30.1 Å². The lowest BCUT2D eigenvalue weighted by atomic mass is 10.1. The summed E-state index contributed by atoms with van der Waals surface area (Å²) in [6.07, 6.45) is 0.914. The molecule has 0 unspecified atom stereocenters. The summed E-state index contributed by atoms with van der Waals surface area (Å²) >= 11 is 0. The van der Waals surface area contributed by atoms with Gasteiger partial charge in [-0.15, -0.1) is 0 Å². The Morgan fingerprint density at radius 1 is 1.15 bits per heavy atom. The van der Waals surface area contributed by atoms with Crippen molar-refractivity contribution in [3.63, 3.8) is 0 Å². The van der Waals surface area contributed by atoms with Crippen LogP contribution in [0.5, 0.6) is 5.75 Å². The number of methoxy groups -OCH3 is 1. The zero-order valence-corrected chi connectivity index (χ0v) is 21.0. The summed E-state index contributed by atoms with van der Waals surface area (Å²) in [5.41, 5.74) is 0.693. The van der Waals surface area contributed by atoms with Crippen LogP contribution in [-0.4, -0.2) is 58.9 Å². The number of carbonyl (C=O) groups excluding carboxylic acids is 1. The molecule has 2 aliphatic rings. The largest absolute Gasteiger partial charge is 0.488 e. The van der Waals surface area contributed by atoms with Crippen molar-refractivity contribution in [3.8, 4) is 17.0 Å². The van der Waals surface area contributed by atoms with E-state index >= 15 is 8.78 Å². The van der Waals surface area contributed by atoms with Gasteiger partial charge < -0.3 is 29.0 Å². The smallest absolute Gasteiger partial charge is 0.253 e. The van der Waals surface area contributed by atoms with Gasteiger partial charge in [-0.05, 0) is 31.2 Å². The standard InChI is InChI=1S/C26H23F3N6O4/c1-13-10-39-25-15(8-17(28)23-24(25)35(13)20(32-23)11-37-2)22-18(29)9-30-26(33-22)31-19-4-3-14(7-16(19)27)34-5-6-38-12-21(34)36/h3-4,7-9,13H,5-6,10-12H2,1-2H3,(H,30,31,33)/t13-/m0/s1. The summed E-state index contributed by atoms with van der Waals surface area (Å²) in [7, 11) is 1.52. The van der Waals surface area contributed by atoms with Gasteiger partial charge in [-0.2, -0.15) is 0 Å². The molecule has 39 heavy (non-hydrogen) atoms. The number of anilines is 3. The Morgan fingerprint density at radius 2 is 2.00 bits per heavy atom. The highest BCUT2D eigenvalue weighted by Gasteiger charge is 2.30. The number of aromatic nitrogens is 4. The fourth-order valence-electron chi connectivity index (χ4n) is 4.86. The maximum atomic E-state index is 15.2. The Kier molecular flexibility index (Phi) is 6.31. The van der Waals surface area contributed by atoms with Crippen LogP contribution in [0.15, 0.2) is 30.5 Å². The normalized spacial score (nSPS) is 17.0. The third-order valence-corrected chi connectivity index (χ3v) is 6.62. The van der Waals surface area contributed by atoms with Gasteiger partial charge in [0.2, 0.25) is 5.95 Å². The van der Waals surface area contributed by atoms with Crippen molar-refractivity contribution in [2.75, 3.05) is 43.7 Å². The number of hydrogen-bond acceptors (Lipinski definition) is 8. The Balaban J connectivity index is 1.38. The molecule has 2 aliphatic heterocycles. The molecule has 0 aliphatic carbocycles. The lowest BCUT2D eigenvalue weighted by Crippen LogP contribution is -2.41. The summed E-state index contributed by atoms with van der Waals surface area (Å²) in [6, 6.07) is 5.16. The van der Waals surface area contributed by atoms with Crippen LogP contribution < -0.4 is 15.0 Å². The van der Waals surface area contributed by atoms with E-state index in [1.807, 2.05) is 11.5 Å². The molecule has 1 saturated heterocycles. The van der Waals surface area contributed by atoms with E-state index in [0.29, 0.717) is 30.2 Å². The zero-order chi connectivity index (χ0) is 27.3. The molecule has 1 amide bonds. The monoisotopic (exact) mass is 540 g/mol. The first kappa shape index (κ1) is 25.1. The second kappa shape index (κ2) is 9.82. The quantitative estimate of drug-likeness (QED) is 0.390. The molecule has 0 bridgehead atoms. The maximum absolute atomic E-state index is 15.2. The van der Waals surface area contributed by atoms with E-state index in [9.17, 15) is 9.18 Å². The number of nitrogens with one attached hydrogen (secondary N) is 1. The SMILES string of the molecule is COCc1nc2c(F)cc(-c3nc(Nc4ccc(N5CCOCC5=O)cc4F)ncc3F)c3c2n1[C@@H](C)CO3. The van der Waals surface area contributed by atoms with E-state index in [0.717, 1.165) is 12.3 Å². The summed E-state index contributed by atoms with van der Waals surface area (Å²) in [4.78, 5) is 26.0. The molecule has 2 aromatic heterocycles. The van der Waals surface area contributed by atoms with Gasteiger partial charge in [-0.1, -0.05) is 0 Å². The van der Waals surface area contributed by atoms with Gasteiger partial charge >= 0.3 is 0 Å². The number of ether oxygens (including phenoxy) is 3. The van der Waals surface area contributed by atoms with Gasteiger partial charge in [-0.3, -0.25) is 4.79 Å².